The normalized spacial score (nSPS) is 12.1. The lowest BCUT2D eigenvalue weighted by molar-refractivity contribution is -0.122. The van der Waals surface area contributed by atoms with E-state index in [1.165, 1.54) is 0 Å². The van der Waals surface area contributed by atoms with E-state index in [1.807, 2.05) is 43.3 Å². The number of nitrogens with one attached hydrogen (secondary N) is 1. The highest BCUT2D eigenvalue weighted by Gasteiger charge is 2.13. The molecule has 0 aliphatic rings. The third-order valence-corrected chi connectivity index (χ3v) is 4.23. The highest BCUT2D eigenvalue weighted by atomic mass is 35.5. The summed E-state index contributed by atoms with van der Waals surface area (Å²) in [5.41, 5.74) is 2.38. The molecule has 24 heavy (non-hydrogen) atoms. The Bertz CT molecular complexity index is 887. The summed E-state index contributed by atoms with van der Waals surface area (Å²) in [7, 11) is 0. The third-order valence-electron chi connectivity index (χ3n) is 3.99. The van der Waals surface area contributed by atoms with Gasteiger partial charge in [-0.05, 0) is 30.7 Å². The number of carbonyl (C=O) groups excluding carboxylic acids is 2. The third kappa shape index (κ3) is 3.34. The molecule has 0 radical (unpaired) electrons. The van der Waals surface area contributed by atoms with Crippen LogP contribution in [-0.4, -0.2) is 16.8 Å². The molecule has 1 atom stereocenters. The van der Waals surface area contributed by atoms with Crippen LogP contribution in [0.5, 0.6) is 0 Å². The molecule has 122 valence electrons. The topological polar surface area (TPSA) is 51.1 Å². The van der Waals surface area contributed by atoms with E-state index in [-0.39, 0.29) is 18.5 Å². The average molecular weight is 341 g/mol. The van der Waals surface area contributed by atoms with Crippen molar-refractivity contribution in [1.29, 1.82) is 0 Å². The van der Waals surface area contributed by atoms with Gasteiger partial charge < -0.3 is 9.88 Å². The zero-order valence-electron chi connectivity index (χ0n) is 13.2. The minimum atomic E-state index is -0.115. The molecule has 0 aliphatic heterocycles. The van der Waals surface area contributed by atoms with E-state index in [0.29, 0.717) is 10.6 Å². The lowest BCUT2D eigenvalue weighted by Crippen LogP contribution is -2.29. The zero-order valence-corrected chi connectivity index (χ0v) is 14.0. The van der Waals surface area contributed by atoms with Gasteiger partial charge in [0.25, 0.3) is 0 Å². The molecule has 1 aromatic heterocycles. The summed E-state index contributed by atoms with van der Waals surface area (Å²) >= 11 is 5.99. The first-order chi connectivity index (χ1) is 11.6. The highest BCUT2D eigenvalue weighted by Crippen LogP contribution is 2.24. The van der Waals surface area contributed by atoms with Crippen LogP contribution >= 0.6 is 11.6 Å². The van der Waals surface area contributed by atoms with Gasteiger partial charge in [0.05, 0.1) is 6.04 Å². The van der Waals surface area contributed by atoms with Crippen LogP contribution in [0.1, 0.15) is 28.9 Å². The van der Waals surface area contributed by atoms with Gasteiger partial charge in [-0.25, -0.2) is 0 Å². The second-order valence-electron chi connectivity index (χ2n) is 5.69. The van der Waals surface area contributed by atoms with Gasteiger partial charge in [0.15, 0.2) is 6.29 Å². The molecule has 0 aliphatic carbocycles. The fourth-order valence-corrected chi connectivity index (χ4v) is 2.96. The molecule has 1 amide bonds. The summed E-state index contributed by atoms with van der Waals surface area (Å²) < 4.78 is 1.77. The van der Waals surface area contributed by atoms with E-state index in [4.69, 9.17) is 11.6 Å². The maximum absolute atomic E-state index is 12.4. The first-order valence-electron chi connectivity index (χ1n) is 7.66. The Morgan fingerprint density at radius 3 is 2.71 bits per heavy atom. The van der Waals surface area contributed by atoms with E-state index >= 15 is 0 Å². The molecular formula is C19H17ClN2O2. The van der Waals surface area contributed by atoms with Gasteiger partial charge in [0.2, 0.25) is 5.91 Å². The summed E-state index contributed by atoms with van der Waals surface area (Å²) in [5.74, 6) is -0.115. The van der Waals surface area contributed by atoms with Crippen molar-refractivity contribution in [1.82, 2.24) is 9.88 Å². The summed E-state index contributed by atoms with van der Waals surface area (Å²) in [4.78, 5) is 23.6. The van der Waals surface area contributed by atoms with Gasteiger partial charge in [0.1, 0.15) is 6.54 Å². The molecule has 0 fully saturated rings. The van der Waals surface area contributed by atoms with Crippen LogP contribution in [0.3, 0.4) is 0 Å². The summed E-state index contributed by atoms with van der Waals surface area (Å²) in [6.07, 6.45) is 2.46. The van der Waals surface area contributed by atoms with Gasteiger partial charge in [-0.3, -0.25) is 9.59 Å². The first kappa shape index (κ1) is 16.3. The van der Waals surface area contributed by atoms with Crippen LogP contribution in [0.2, 0.25) is 5.02 Å². The number of halogens is 1. The van der Waals surface area contributed by atoms with E-state index in [2.05, 4.69) is 5.32 Å². The smallest absolute Gasteiger partial charge is 0.240 e. The molecule has 0 saturated carbocycles. The molecule has 1 heterocycles. The number of fused-ring (bicyclic) bond motifs is 1. The monoisotopic (exact) mass is 340 g/mol. The predicted molar refractivity (Wildman–Crippen MR) is 95.3 cm³/mol. The number of hydrogen-bond acceptors (Lipinski definition) is 2. The van der Waals surface area contributed by atoms with Gasteiger partial charge in [-0.15, -0.1) is 0 Å². The lowest BCUT2D eigenvalue weighted by atomic mass is 10.1. The minimum Gasteiger partial charge on any atom is -0.348 e. The van der Waals surface area contributed by atoms with E-state index in [1.54, 1.807) is 22.9 Å². The Kier molecular flexibility index (Phi) is 4.67. The van der Waals surface area contributed by atoms with Gasteiger partial charge in [-0.2, -0.15) is 0 Å². The Labute approximate surface area is 145 Å². The number of aromatic nitrogens is 1. The standard InChI is InChI=1S/C19H17ClN2O2/c1-13(14-5-3-2-4-6-14)21-19(24)11-22-10-15(12-23)17-9-16(20)7-8-18(17)22/h2-10,12-13H,11H2,1H3,(H,21,24). The number of carbonyl (C=O) groups is 2. The van der Waals surface area contributed by atoms with Crippen molar-refractivity contribution in [2.45, 2.75) is 19.5 Å². The average Bonchev–Trinajstić information content (AvgIpc) is 2.92. The SMILES string of the molecule is CC(NC(=O)Cn1cc(C=O)c2cc(Cl)ccc21)c1ccccc1. The second kappa shape index (κ2) is 6.89. The van der Waals surface area contributed by atoms with Crippen molar-refractivity contribution in [3.05, 3.63) is 70.9 Å². The van der Waals surface area contributed by atoms with E-state index in [0.717, 1.165) is 22.8 Å². The van der Waals surface area contributed by atoms with E-state index < -0.39 is 0 Å². The summed E-state index contributed by atoms with van der Waals surface area (Å²) in [6.45, 7) is 2.08. The Morgan fingerprint density at radius 1 is 1.25 bits per heavy atom. The summed E-state index contributed by atoms with van der Waals surface area (Å²) in [6, 6.07) is 15.0. The van der Waals surface area contributed by atoms with Crippen molar-refractivity contribution < 1.29 is 9.59 Å². The quantitative estimate of drug-likeness (QED) is 0.714. The number of rotatable bonds is 5. The highest BCUT2D eigenvalue weighted by molar-refractivity contribution is 6.31. The summed E-state index contributed by atoms with van der Waals surface area (Å²) in [5, 5.41) is 4.29. The first-order valence-corrected chi connectivity index (χ1v) is 8.04. The molecule has 3 rings (SSSR count). The molecule has 5 heteroatoms. The molecule has 2 aromatic carbocycles. The molecule has 0 spiro atoms. The molecule has 1 unspecified atom stereocenters. The van der Waals surface area contributed by atoms with Crippen LogP contribution in [0, 0.1) is 0 Å². The number of benzene rings is 2. The van der Waals surface area contributed by atoms with Crippen LogP contribution < -0.4 is 5.32 Å². The Hall–Kier alpha value is -2.59. The lowest BCUT2D eigenvalue weighted by Gasteiger charge is -2.15. The van der Waals surface area contributed by atoms with Gasteiger partial charge >= 0.3 is 0 Å². The number of amides is 1. The van der Waals surface area contributed by atoms with Crippen LogP contribution in [0.4, 0.5) is 0 Å². The predicted octanol–water partition coefficient (Wildman–Crippen LogP) is 3.98. The minimum absolute atomic E-state index is 0.0829. The Balaban J connectivity index is 1.80. The van der Waals surface area contributed by atoms with E-state index in [9.17, 15) is 9.59 Å². The second-order valence-corrected chi connectivity index (χ2v) is 6.13. The van der Waals surface area contributed by atoms with Gasteiger partial charge in [-0.1, -0.05) is 41.9 Å². The largest absolute Gasteiger partial charge is 0.348 e. The molecule has 0 saturated heterocycles. The van der Waals surface area contributed by atoms with Crippen molar-refractivity contribution >= 4 is 34.7 Å². The number of aldehydes is 1. The van der Waals surface area contributed by atoms with Crippen molar-refractivity contribution in [3.63, 3.8) is 0 Å². The maximum atomic E-state index is 12.4. The Morgan fingerprint density at radius 2 is 2.00 bits per heavy atom. The fraction of sp³-hybridized carbons (Fsp3) is 0.158. The maximum Gasteiger partial charge on any atom is 0.240 e. The number of hydrogen-bond donors (Lipinski definition) is 1. The molecule has 0 bridgehead atoms. The number of nitrogens with zero attached hydrogens (tertiary/aromatic N) is 1. The van der Waals surface area contributed by atoms with Crippen molar-refractivity contribution in [2.75, 3.05) is 0 Å². The van der Waals surface area contributed by atoms with Crippen LogP contribution in [0.25, 0.3) is 10.9 Å². The van der Waals surface area contributed by atoms with Gasteiger partial charge in [0, 0.05) is 27.7 Å². The van der Waals surface area contributed by atoms with Crippen LogP contribution in [0.15, 0.2) is 54.7 Å². The molecule has 3 aromatic rings. The molecule has 4 nitrogen and oxygen atoms in total. The fourth-order valence-electron chi connectivity index (χ4n) is 2.79. The van der Waals surface area contributed by atoms with Crippen molar-refractivity contribution in [2.24, 2.45) is 0 Å². The molecular weight excluding hydrogens is 324 g/mol. The van der Waals surface area contributed by atoms with Crippen molar-refractivity contribution in [3.8, 4) is 0 Å². The molecule has 1 N–H and O–H groups in total. The zero-order chi connectivity index (χ0) is 17.1. The van der Waals surface area contributed by atoms with Crippen LogP contribution in [-0.2, 0) is 11.3 Å².